The fourth-order valence-electron chi connectivity index (χ4n) is 5.40. The number of halogens is 3. The summed E-state index contributed by atoms with van der Waals surface area (Å²) < 4.78 is 67.7. The minimum Gasteiger partial charge on any atom is -0.406 e. The lowest BCUT2D eigenvalue weighted by Gasteiger charge is -2.40. The van der Waals surface area contributed by atoms with Crippen molar-refractivity contribution < 1.29 is 26.3 Å². The Bertz CT molecular complexity index is 1350. The van der Waals surface area contributed by atoms with E-state index in [1.54, 1.807) is 13.0 Å². The lowest BCUT2D eigenvalue weighted by atomic mass is 9.70. The van der Waals surface area contributed by atoms with Crippen LogP contribution in [0, 0.1) is 18.3 Å². The van der Waals surface area contributed by atoms with Crippen LogP contribution in [0.2, 0.25) is 0 Å². The Kier molecular flexibility index (Phi) is 6.29. The summed E-state index contributed by atoms with van der Waals surface area (Å²) in [5, 5.41) is 8.61. The predicted octanol–water partition coefficient (Wildman–Crippen LogP) is 6.02. The van der Waals surface area contributed by atoms with E-state index in [1.165, 1.54) is 30.3 Å². The van der Waals surface area contributed by atoms with Gasteiger partial charge >= 0.3 is 6.36 Å². The zero-order valence-corrected chi connectivity index (χ0v) is 20.8. The molecule has 0 saturated heterocycles. The molecular formula is C24H29F3N4O3S. The molecule has 2 aromatic carbocycles. The topological polar surface area (TPSA) is 99.2 Å². The van der Waals surface area contributed by atoms with Gasteiger partial charge < -0.3 is 14.6 Å². The average Bonchev–Trinajstić information content (AvgIpc) is 3.05. The van der Waals surface area contributed by atoms with E-state index in [0.717, 1.165) is 24.8 Å². The summed E-state index contributed by atoms with van der Waals surface area (Å²) in [6.07, 6.45) is -1.87. The lowest BCUT2D eigenvalue weighted by Crippen LogP contribution is -2.29. The first-order valence-corrected chi connectivity index (χ1v) is 12.8. The van der Waals surface area contributed by atoms with Gasteiger partial charge in [-0.3, -0.25) is 0 Å². The monoisotopic (exact) mass is 510 g/mol. The molecule has 0 spiro atoms. The number of sulfonamides is 1. The highest BCUT2D eigenvalue weighted by molar-refractivity contribution is 7.89. The Balaban J connectivity index is 1.80. The minimum atomic E-state index is -4.77. The van der Waals surface area contributed by atoms with Gasteiger partial charge in [0.2, 0.25) is 16.0 Å². The molecule has 4 rings (SSSR count). The molecule has 190 valence electrons. The Hall–Kier alpha value is -2.79. The first-order chi connectivity index (χ1) is 16.1. The Labute approximate surface area is 202 Å². The number of primary sulfonamides is 1. The molecule has 3 N–H and O–H groups in total. The van der Waals surface area contributed by atoms with Crippen molar-refractivity contribution >= 4 is 32.7 Å². The minimum absolute atomic E-state index is 0.00666. The molecule has 0 aliphatic heterocycles. The van der Waals surface area contributed by atoms with Gasteiger partial charge in [0.1, 0.15) is 5.75 Å². The second kappa shape index (κ2) is 8.70. The standard InChI is InChI=1S/C24H29F3N4O3S/c1-14-11-17(13-23(3,4)12-14)31-19-9-10-20(35(28,32)33)15(2)21(19)30-22(31)29-16-5-7-18(8-6-16)34-24(25,26)27/h5-10,14,17H,11-13H2,1-4H3,(H,29,30)(H2,28,32,33). The summed E-state index contributed by atoms with van der Waals surface area (Å²) in [5.74, 6) is 0.625. The summed E-state index contributed by atoms with van der Waals surface area (Å²) in [4.78, 5) is 4.74. The first-order valence-electron chi connectivity index (χ1n) is 11.3. The zero-order chi connectivity index (χ0) is 25.8. The maximum Gasteiger partial charge on any atom is 0.573 e. The van der Waals surface area contributed by atoms with Crippen LogP contribution < -0.4 is 15.2 Å². The van der Waals surface area contributed by atoms with Gasteiger partial charge in [-0.1, -0.05) is 20.8 Å². The number of fused-ring (bicyclic) bond motifs is 1. The number of hydrogen-bond donors (Lipinski definition) is 2. The van der Waals surface area contributed by atoms with E-state index >= 15 is 0 Å². The molecule has 1 aliphatic carbocycles. The largest absolute Gasteiger partial charge is 0.573 e. The molecule has 1 aromatic heterocycles. The fraction of sp³-hybridized carbons (Fsp3) is 0.458. The molecule has 1 aliphatic rings. The zero-order valence-electron chi connectivity index (χ0n) is 20.0. The Morgan fingerprint density at radius 2 is 1.80 bits per heavy atom. The van der Waals surface area contributed by atoms with Crippen LogP contribution in [0.1, 0.15) is 51.6 Å². The number of benzene rings is 2. The van der Waals surface area contributed by atoms with Gasteiger partial charge in [0, 0.05) is 11.7 Å². The van der Waals surface area contributed by atoms with Gasteiger partial charge in [-0.05, 0) is 79.5 Å². The predicted molar refractivity (Wildman–Crippen MR) is 128 cm³/mol. The Morgan fingerprint density at radius 3 is 2.37 bits per heavy atom. The highest BCUT2D eigenvalue weighted by Crippen LogP contribution is 2.46. The van der Waals surface area contributed by atoms with E-state index in [0.29, 0.717) is 28.6 Å². The second-order valence-corrected chi connectivity index (χ2v) is 11.7. The first kappa shape index (κ1) is 25.3. The van der Waals surface area contributed by atoms with E-state index in [4.69, 9.17) is 10.1 Å². The summed E-state index contributed by atoms with van der Waals surface area (Å²) >= 11 is 0. The van der Waals surface area contributed by atoms with Crippen molar-refractivity contribution in [3.05, 3.63) is 42.0 Å². The van der Waals surface area contributed by atoms with Crippen LogP contribution in [0.5, 0.6) is 5.75 Å². The van der Waals surface area contributed by atoms with Gasteiger partial charge in [0.25, 0.3) is 0 Å². The molecule has 35 heavy (non-hydrogen) atoms. The fourth-order valence-corrected chi connectivity index (χ4v) is 6.19. The van der Waals surface area contributed by atoms with Gasteiger partial charge in [0.15, 0.2) is 0 Å². The number of rotatable bonds is 5. The normalized spacial score (nSPS) is 20.7. The molecule has 1 fully saturated rings. The second-order valence-electron chi connectivity index (χ2n) is 10.2. The number of anilines is 2. The number of aromatic nitrogens is 2. The van der Waals surface area contributed by atoms with E-state index < -0.39 is 16.4 Å². The van der Waals surface area contributed by atoms with Crippen LogP contribution in [0.4, 0.5) is 24.8 Å². The number of imidazole rings is 1. The summed E-state index contributed by atoms with van der Waals surface area (Å²) in [5.41, 5.74) is 2.34. The number of nitrogens with zero attached hydrogens (tertiary/aromatic N) is 2. The van der Waals surface area contributed by atoms with Crippen molar-refractivity contribution in [3.8, 4) is 5.75 Å². The third-order valence-corrected chi connectivity index (χ3v) is 7.50. The van der Waals surface area contributed by atoms with E-state index in [2.05, 4.69) is 35.4 Å². The summed E-state index contributed by atoms with van der Waals surface area (Å²) in [6.45, 7) is 8.33. The molecule has 0 amide bonds. The van der Waals surface area contributed by atoms with E-state index in [9.17, 15) is 21.6 Å². The number of nitrogens with one attached hydrogen (secondary N) is 1. The maximum atomic E-state index is 12.5. The number of aryl methyl sites for hydroxylation is 1. The number of alkyl halides is 3. The smallest absolute Gasteiger partial charge is 0.406 e. The van der Waals surface area contributed by atoms with Crippen LogP contribution in [-0.4, -0.2) is 24.3 Å². The SMILES string of the molecule is Cc1c(S(N)(=O)=O)ccc2c1nc(Nc1ccc(OC(F)(F)F)cc1)n2C1CC(C)CC(C)(C)C1. The van der Waals surface area contributed by atoms with Crippen molar-refractivity contribution in [1.29, 1.82) is 0 Å². The summed E-state index contributed by atoms with van der Waals surface area (Å²) in [7, 11) is -3.93. The molecule has 11 heteroatoms. The molecule has 1 heterocycles. The van der Waals surface area contributed by atoms with Crippen LogP contribution in [0.15, 0.2) is 41.3 Å². The van der Waals surface area contributed by atoms with Crippen molar-refractivity contribution in [1.82, 2.24) is 9.55 Å². The van der Waals surface area contributed by atoms with E-state index in [-0.39, 0.29) is 22.1 Å². The quantitative estimate of drug-likeness (QED) is 0.437. The molecule has 3 aromatic rings. The molecule has 0 bridgehead atoms. The van der Waals surface area contributed by atoms with Gasteiger partial charge in [0.05, 0.1) is 15.9 Å². The number of nitrogens with two attached hydrogens (primary N) is 1. The van der Waals surface area contributed by atoms with Crippen LogP contribution >= 0.6 is 0 Å². The van der Waals surface area contributed by atoms with Crippen LogP contribution in [-0.2, 0) is 10.0 Å². The van der Waals surface area contributed by atoms with Crippen molar-refractivity contribution in [2.45, 2.75) is 64.3 Å². The molecule has 2 unspecified atom stereocenters. The van der Waals surface area contributed by atoms with Crippen LogP contribution in [0.25, 0.3) is 11.0 Å². The molecular weight excluding hydrogens is 481 g/mol. The van der Waals surface area contributed by atoms with Gasteiger partial charge in [-0.15, -0.1) is 13.2 Å². The summed E-state index contributed by atoms with van der Waals surface area (Å²) in [6, 6.07) is 8.69. The lowest BCUT2D eigenvalue weighted by molar-refractivity contribution is -0.274. The average molecular weight is 511 g/mol. The highest BCUT2D eigenvalue weighted by atomic mass is 32.2. The molecule has 7 nitrogen and oxygen atoms in total. The Morgan fingerprint density at radius 1 is 1.14 bits per heavy atom. The molecule has 0 radical (unpaired) electrons. The maximum absolute atomic E-state index is 12.5. The van der Waals surface area contributed by atoms with Crippen molar-refractivity contribution in [3.63, 3.8) is 0 Å². The number of ether oxygens (including phenoxy) is 1. The molecule has 2 atom stereocenters. The van der Waals surface area contributed by atoms with E-state index in [1.807, 2.05) is 0 Å². The molecule has 1 saturated carbocycles. The van der Waals surface area contributed by atoms with Crippen molar-refractivity contribution in [2.75, 3.05) is 5.32 Å². The highest BCUT2D eigenvalue weighted by Gasteiger charge is 2.35. The number of hydrogen-bond acceptors (Lipinski definition) is 5. The third-order valence-electron chi connectivity index (χ3n) is 6.44. The third kappa shape index (κ3) is 5.56. The van der Waals surface area contributed by atoms with Crippen LogP contribution in [0.3, 0.4) is 0 Å². The van der Waals surface area contributed by atoms with Gasteiger partial charge in [-0.2, -0.15) is 0 Å². The van der Waals surface area contributed by atoms with Gasteiger partial charge in [-0.25, -0.2) is 18.5 Å². The van der Waals surface area contributed by atoms with Crippen molar-refractivity contribution in [2.24, 2.45) is 16.5 Å².